The van der Waals surface area contributed by atoms with Crippen molar-refractivity contribution < 1.29 is 23.1 Å². The molecule has 1 fully saturated rings. The highest BCUT2D eigenvalue weighted by Crippen LogP contribution is 2.37. The molecular formula is C22H26Cl2N4O5S. The van der Waals surface area contributed by atoms with Gasteiger partial charge in [0.2, 0.25) is 5.88 Å². The van der Waals surface area contributed by atoms with Gasteiger partial charge in [-0.25, -0.2) is 9.29 Å². The summed E-state index contributed by atoms with van der Waals surface area (Å²) >= 11 is 12.3. The molecule has 1 amide bonds. The quantitative estimate of drug-likeness (QED) is 0.614. The molecule has 3 heterocycles. The number of hydrogen-bond acceptors (Lipinski definition) is 6. The molecule has 1 aromatic carbocycles. The molecule has 0 saturated carbocycles. The molecule has 1 saturated heterocycles. The Kier molecular flexibility index (Phi) is 7.25. The summed E-state index contributed by atoms with van der Waals surface area (Å²) < 4.78 is 35.7. The molecule has 3 unspecified atom stereocenters. The van der Waals surface area contributed by atoms with E-state index in [2.05, 4.69) is 10.3 Å². The minimum absolute atomic E-state index is 0.0563. The number of halogens is 2. The third kappa shape index (κ3) is 4.96. The van der Waals surface area contributed by atoms with Crippen molar-refractivity contribution in [3.8, 4) is 5.88 Å². The highest BCUT2D eigenvalue weighted by molar-refractivity contribution is 7.90. The summed E-state index contributed by atoms with van der Waals surface area (Å²) in [5, 5.41) is 12.7. The number of piperidine rings is 1. The Morgan fingerprint density at radius 3 is 2.47 bits per heavy atom. The van der Waals surface area contributed by atoms with Gasteiger partial charge >= 0.3 is 10.2 Å². The standard InChI is InChI=1S/C22H26Cl2N4O5S/c1-13-6-14(2)10-27(9-13)34(31,32)28-11-16(12-29)33-22-19(28)7-15(8-25-22)26-21(30)20-17(23)4-3-5-18(20)24/h3-5,7-8,13-14,16,29H,6,9-12H2,1-2H3,(H,26,30). The van der Waals surface area contributed by atoms with Crippen LogP contribution in [-0.4, -0.2) is 61.1 Å². The van der Waals surface area contributed by atoms with Crippen molar-refractivity contribution in [2.75, 3.05) is 35.9 Å². The Balaban J connectivity index is 1.68. The van der Waals surface area contributed by atoms with Crippen molar-refractivity contribution in [2.45, 2.75) is 26.4 Å². The van der Waals surface area contributed by atoms with E-state index >= 15 is 0 Å². The van der Waals surface area contributed by atoms with E-state index in [-0.39, 0.29) is 57.9 Å². The van der Waals surface area contributed by atoms with Gasteiger partial charge in [0.05, 0.1) is 40.6 Å². The number of aromatic nitrogens is 1. The molecule has 2 aliphatic rings. The molecule has 184 valence electrons. The zero-order chi connectivity index (χ0) is 24.6. The molecule has 3 atom stereocenters. The Labute approximate surface area is 208 Å². The van der Waals surface area contributed by atoms with Crippen LogP contribution in [-0.2, 0) is 10.2 Å². The lowest BCUT2D eigenvalue weighted by atomic mass is 9.94. The van der Waals surface area contributed by atoms with Crippen LogP contribution in [0.25, 0.3) is 0 Å². The first-order chi connectivity index (χ1) is 16.1. The molecule has 1 aromatic heterocycles. The van der Waals surface area contributed by atoms with Gasteiger partial charge in [0, 0.05) is 13.1 Å². The maximum Gasteiger partial charge on any atom is 0.304 e. The number of amides is 1. The Morgan fingerprint density at radius 2 is 1.85 bits per heavy atom. The molecule has 0 bridgehead atoms. The number of aliphatic hydroxyl groups excluding tert-OH is 1. The fourth-order valence-electron chi connectivity index (χ4n) is 4.41. The minimum Gasteiger partial charge on any atom is -0.468 e. The Morgan fingerprint density at radius 1 is 1.21 bits per heavy atom. The number of anilines is 2. The lowest BCUT2D eigenvalue weighted by molar-refractivity contribution is 0.102. The maximum atomic E-state index is 13.7. The summed E-state index contributed by atoms with van der Waals surface area (Å²) in [5.74, 6) is -0.0651. The van der Waals surface area contributed by atoms with Crippen molar-refractivity contribution in [2.24, 2.45) is 11.8 Å². The van der Waals surface area contributed by atoms with Gasteiger partial charge in [-0.05, 0) is 36.5 Å². The number of nitrogens with zero attached hydrogens (tertiary/aromatic N) is 3. The van der Waals surface area contributed by atoms with Crippen LogP contribution in [0.2, 0.25) is 10.0 Å². The molecule has 2 aromatic rings. The topological polar surface area (TPSA) is 112 Å². The minimum atomic E-state index is -3.94. The summed E-state index contributed by atoms with van der Waals surface area (Å²) in [4.78, 5) is 17.0. The predicted molar refractivity (Wildman–Crippen MR) is 131 cm³/mol. The van der Waals surface area contributed by atoms with Crippen LogP contribution in [0.4, 0.5) is 11.4 Å². The third-order valence-corrected chi connectivity index (χ3v) is 8.32. The van der Waals surface area contributed by atoms with E-state index in [0.717, 1.165) is 6.42 Å². The van der Waals surface area contributed by atoms with E-state index in [1.165, 1.54) is 20.9 Å². The normalized spacial score (nSPS) is 23.2. The second kappa shape index (κ2) is 9.87. The van der Waals surface area contributed by atoms with E-state index in [4.69, 9.17) is 27.9 Å². The van der Waals surface area contributed by atoms with Crippen LogP contribution >= 0.6 is 23.2 Å². The number of fused-ring (bicyclic) bond motifs is 1. The van der Waals surface area contributed by atoms with Gasteiger partial charge in [-0.2, -0.15) is 12.7 Å². The highest BCUT2D eigenvalue weighted by Gasteiger charge is 2.40. The lowest BCUT2D eigenvalue weighted by Gasteiger charge is -2.40. The number of ether oxygens (including phenoxy) is 1. The first-order valence-corrected chi connectivity index (χ1v) is 13.1. The molecule has 0 aliphatic carbocycles. The molecule has 2 N–H and O–H groups in total. The molecule has 34 heavy (non-hydrogen) atoms. The van der Waals surface area contributed by atoms with Crippen molar-refractivity contribution in [3.05, 3.63) is 46.1 Å². The van der Waals surface area contributed by atoms with Crippen molar-refractivity contribution >= 4 is 50.7 Å². The number of carbonyl (C=O) groups excluding carboxylic acids is 1. The Bertz CT molecular complexity index is 1170. The van der Waals surface area contributed by atoms with E-state index in [0.29, 0.717) is 13.1 Å². The van der Waals surface area contributed by atoms with Crippen molar-refractivity contribution in [3.63, 3.8) is 0 Å². The number of pyridine rings is 1. The second-order valence-electron chi connectivity index (χ2n) is 8.82. The molecule has 4 rings (SSSR count). The monoisotopic (exact) mass is 528 g/mol. The second-order valence-corrected chi connectivity index (χ2v) is 11.5. The largest absolute Gasteiger partial charge is 0.468 e. The molecule has 0 spiro atoms. The van der Waals surface area contributed by atoms with Crippen LogP contribution in [0.1, 0.15) is 30.6 Å². The zero-order valence-electron chi connectivity index (χ0n) is 18.7. The van der Waals surface area contributed by atoms with Crippen LogP contribution in [0.5, 0.6) is 5.88 Å². The average Bonchev–Trinajstić information content (AvgIpc) is 2.77. The number of rotatable bonds is 5. The van der Waals surface area contributed by atoms with Gasteiger partial charge in [-0.3, -0.25) is 4.79 Å². The van der Waals surface area contributed by atoms with Gasteiger partial charge < -0.3 is 15.2 Å². The summed E-state index contributed by atoms with van der Waals surface area (Å²) in [6.07, 6.45) is 1.53. The van der Waals surface area contributed by atoms with Gasteiger partial charge in [0.1, 0.15) is 11.8 Å². The number of aliphatic hydroxyl groups is 1. The average molecular weight is 529 g/mol. The van der Waals surface area contributed by atoms with Crippen molar-refractivity contribution in [1.29, 1.82) is 0 Å². The van der Waals surface area contributed by atoms with E-state index < -0.39 is 22.2 Å². The van der Waals surface area contributed by atoms with Gasteiger partial charge in [0.25, 0.3) is 5.91 Å². The lowest BCUT2D eigenvalue weighted by Crippen LogP contribution is -2.54. The van der Waals surface area contributed by atoms with Crippen LogP contribution in [0.3, 0.4) is 0 Å². The molecule has 9 nitrogen and oxygen atoms in total. The van der Waals surface area contributed by atoms with Crippen LogP contribution in [0, 0.1) is 11.8 Å². The summed E-state index contributed by atoms with van der Waals surface area (Å²) in [6, 6.07) is 6.20. The zero-order valence-corrected chi connectivity index (χ0v) is 21.1. The van der Waals surface area contributed by atoms with Gasteiger partial charge in [-0.15, -0.1) is 0 Å². The first kappa shape index (κ1) is 25.0. The van der Waals surface area contributed by atoms with Gasteiger partial charge in [-0.1, -0.05) is 43.1 Å². The molecule has 0 radical (unpaired) electrons. The van der Waals surface area contributed by atoms with E-state index in [1.807, 2.05) is 13.8 Å². The van der Waals surface area contributed by atoms with Gasteiger partial charge in [0.15, 0.2) is 0 Å². The summed E-state index contributed by atoms with van der Waals surface area (Å²) in [6.45, 7) is 4.40. The van der Waals surface area contributed by atoms with E-state index in [9.17, 15) is 18.3 Å². The molecular weight excluding hydrogens is 503 g/mol. The number of hydrogen-bond donors (Lipinski definition) is 2. The Hall–Kier alpha value is -2.11. The number of carbonyl (C=O) groups is 1. The molecule has 12 heteroatoms. The highest BCUT2D eigenvalue weighted by atomic mass is 35.5. The third-order valence-electron chi connectivity index (χ3n) is 5.84. The first-order valence-electron chi connectivity index (χ1n) is 10.9. The summed E-state index contributed by atoms with van der Waals surface area (Å²) in [5.41, 5.74) is 0.519. The fraction of sp³-hybridized carbons (Fsp3) is 0.455. The predicted octanol–water partition coefficient (Wildman–Crippen LogP) is 3.42. The smallest absolute Gasteiger partial charge is 0.304 e. The number of nitrogens with one attached hydrogen (secondary N) is 1. The maximum absolute atomic E-state index is 13.7. The SMILES string of the molecule is CC1CC(C)CN(S(=O)(=O)N2CC(CO)Oc3ncc(NC(=O)c4c(Cl)cccc4Cl)cc32)C1. The van der Waals surface area contributed by atoms with Crippen LogP contribution in [0.15, 0.2) is 30.5 Å². The summed E-state index contributed by atoms with van der Waals surface area (Å²) in [7, 11) is -3.94. The van der Waals surface area contributed by atoms with E-state index in [1.54, 1.807) is 18.2 Å². The fourth-order valence-corrected chi connectivity index (χ4v) is 6.88. The van der Waals surface area contributed by atoms with Crippen LogP contribution < -0.4 is 14.4 Å². The molecule has 2 aliphatic heterocycles. The van der Waals surface area contributed by atoms with Crippen molar-refractivity contribution in [1.82, 2.24) is 9.29 Å². The number of benzene rings is 1.